The third-order valence-electron chi connectivity index (χ3n) is 4.18. The van der Waals surface area contributed by atoms with E-state index < -0.39 is 6.43 Å². The summed E-state index contributed by atoms with van der Waals surface area (Å²) in [5.74, 6) is 0.435. The summed E-state index contributed by atoms with van der Waals surface area (Å²) in [6, 6.07) is 10.4. The highest BCUT2D eigenvalue weighted by Gasteiger charge is 2.17. The third kappa shape index (κ3) is 3.26. The maximum atomic E-state index is 13.3. The molecule has 7 heteroatoms. The Morgan fingerprint density at radius 2 is 1.85 bits per heavy atom. The van der Waals surface area contributed by atoms with Crippen molar-refractivity contribution in [3.63, 3.8) is 0 Å². The molecule has 0 atom stereocenters. The summed E-state index contributed by atoms with van der Waals surface area (Å²) >= 11 is 1.36. The molecule has 2 aromatic heterocycles. The van der Waals surface area contributed by atoms with Gasteiger partial charge in [0.1, 0.15) is 5.01 Å². The maximum absolute atomic E-state index is 13.3. The average molecular weight is 383 g/mol. The molecule has 27 heavy (non-hydrogen) atoms. The molecule has 136 valence electrons. The Hall–Kier alpha value is -2.93. The number of fused-ring (bicyclic) bond motifs is 1. The van der Waals surface area contributed by atoms with Gasteiger partial charge in [0.25, 0.3) is 6.43 Å². The fraction of sp³-hybridized carbons (Fsp3) is 0.150. The van der Waals surface area contributed by atoms with Crippen LogP contribution in [0.25, 0.3) is 32.0 Å². The summed E-state index contributed by atoms with van der Waals surface area (Å²) in [5.41, 5.74) is 3.74. The van der Waals surface area contributed by atoms with Crippen LogP contribution in [-0.4, -0.2) is 22.1 Å². The number of methoxy groups -OCH3 is 1. The van der Waals surface area contributed by atoms with Crippen LogP contribution >= 0.6 is 11.3 Å². The van der Waals surface area contributed by atoms with Crippen LogP contribution in [0.2, 0.25) is 0 Å². The Morgan fingerprint density at radius 1 is 1.04 bits per heavy atom. The van der Waals surface area contributed by atoms with Crippen molar-refractivity contribution in [2.24, 2.45) is 0 Å². The topological polar surface area (TPSA) is 47.9 Å². The van der Waals surface area contributed by atoms with E-state index in [0.29, 0.717) is 32.4 Å². The Balaban J connectivity index is 1.85. The van der Waals surface area contributed by atoms with E-state index in [0.717, 1.165) is 11.1 Å². The molecule has 2 aromatic carbocycles. The molecule has 4 aromatic rings. The molecule has 0 aliphatic rings. The average Bonchev–Trinajstić information content (AvgIpc) is 3.16. The molecular formula is C20H15F2N3OS. The Labute approximate surface area is 158 Å². The van der Waals surface area contributed by atoms with Crippen LogP contribution in [0.1, 0.15) is 17.6 Å². The van der Waals surface area contributed by atoms with E-state index in [1.807, 2.05) is 19.1 Å². The Kier molecular flexibility index (Phi) is 4.53. The number of rotatable bonds is 4. The molecule has 2 heterocycles. The maximum Gasteiger partial charge on any atom is 0.264 e. The summed E-state index contributed by atoms with van der Waals surface area (Å²) in [6.07, 6.45) is 0.651. The number of aryl methyl sites for hydroxylation is 1. The van der Waals surface area contributed by atoms with Crippen molar-refractivity contribution in [2.45, 2.75) is 13.3 Å². The molecule has 0 unspecified atom stereocenters. The highest BCUT2D eigenvalue weighted by molar-refractivity contribution is 7.18. The summed E-state index contributed by atoms with van der Waals surface area (Å²) in [7, 11) is 1.54. The molecule has 0 aliphatic heterocycles. The van der Waals surface area contributed by atoms with E-state index in [1.54, 1.807) is 37.7 Å². The van der Waals surface area contributed by atoms with Gasteiger partial charge in [0, 0.05) is 22.9 Å². The molecule has 0 saturated heterocycles. The first-order valence-corrected chi connectivity index (χ1v) is 9.03. The second-order valence-electron chi connectivity index (χ2n) is 6.01. The molecule has 4 nitrogen and oxygen atoms in total. The smallest absolute Gasteiger partial charge is 0.264 e. The van der Waals surface area contributed by atoms with E-state index >= 15 is 0 Å². The van der Waals surface area contributed by atoms with Gasteiger partial charge in [0.05, 0.1) is 29.2 Å². The van der Waals surface area contributed by atoms with Crippen molar-refractivity contribution in [2.75, 3.05) is 7.11 Å². The number of ether oxygens (including phenoxy) is 1. The van der Waals surface area contributed by atoms with Crippen molar-refractivity contribution >= 4 is 22.4 Å². The van der Waals surface area contributed by atoms with Crippen LogP contribution in [0.5, 0.6) is 5.88 Å². The van der Waals surface area contributed by atoms with Gasteiger partial charge in [-0.1, -0.05) is 24.3 Å². The molecule has 0 aliphatic carbocycles. The first-order valence-electron chi connectivity index (χ1n) is 8.22. The van der Waals surface area contributed by atoms with E-state index in [-0.39, 0.29) is 5.56 Å². The van der Waals surface area contributed by atoms with Crippen molar-refractivity contribution in [3.8, 4) is 26.9 Å². The highest BCUT2D eigenvalue weighted by atomic mass is 32.1. The van der Waals surface area contributed by atoms with Gasteiger partial charge < -0.3 is 4.74 Å². The Morgan fingerprint density at radius 3 is 2.63 bits per heavy atom. The minimum absolute atomic E-state index is 0.00586. The van der Waals surface area contributed by atoms with E-state index in [9.17, 15) is 8.78 Å². The van der Waals surface area contributed by atoms with Gasteiger partial charge in [-0.25, -0.2) is 23.7 Å². The van der Waals surface area contributed by atoms with Crippen molar-refractivity contribution in [3.05, 3.63) is 59.9 Å². The van der Waals surface area contributed by atoms with Crippen molar-refractivity contribution < 1.29 is 13.5 Å². The van der Waals surface area contributed by atoms with Gasteiger partial charge in [0.15, 0.2) is 0 Å². The lowest BCUT2D eigenvalue weighted by Crippen LogP contribution is -1.93. The summed E-state index contributed by atoms with van der Waals surface area (Å²) < 4.78 is 31.8. The molecule has 0 radical (unpaired) electrons. The zero-order valence-corrected chi connectivity index (χ0v) is 15.4. The number of hydrogen-bond donors (Lipinski definition) is 0. The molecule has 0 fully saturated rings. The minimum atomic E-state index is -2.54. The fourth-order valence-corrected chi connectivity index (χ4v) is 3.92. The number of aromatic nitrogens is 3. The van der Waals surface area contributed by atoms with E-state index in [4.69, 9.17) is 4.74 Å². The van der Waals surface area contributed by atoms with Gasteiger partial charge in [-0.15, -0.1) is 11.3 Å². The summed E-state index contributed by atoms with van der Waals surface area (Å²) in [4.78, 5) is 14.1. The van der Waals surface area contributed by atoms with Crippen LogP contribution in [0, 0.1) is 6.92 Å². The molecule has 0 bridgehead atoms. The van der Waals surface area contributed by atoms with Gasteiger partial charge >= 0.3 is 0 Å². The highest BCUT2D eigenvalue weighted by Crippen LogP contribution is 2.38. The lowest BCUT2D eigenvalue weighted by Gasteiger charge is -2.07. The van der Waals surface area contributed by atoms with Crippen molar-refractivity contribution in [1.29, 1.82) is 0 Å². The predicted molar refractivity (Wildman–Crippen MR) is 102 cm³/mol. The molecule has 0 saturated carbocycles. The minimum Gasteiger partial charge on any atom is -0.480 e. The van der Waals surface area contributed by atoms with Crippen molar-refractivity contribution in [1.82, 2.24) is 15.0 Å². The third-order valence-corrected chi connectivity index (χ3v) is 5.24. The standard InChI is InChI=1S/C20H15F2N3OS/c1-11-7-14(18-15(8-11)25-17(26-2)10-23-18)20-24-9-16(27-20)12-5-3-4-6-13(12)19(21)22/h3-10,19H,1-2H3. The van der Waals surface area contributed by atoms with Crippen LogP contribution in [-0.2, 0) is 0 Å². The van der Waals surface area contributed by atoms with Gasteiger partial charge in [-0.3, -0.25) is 0 Å². The Bertz CT molecular complexity index is 1130. The van der Waals surface area contributed by atoms with E-state index in [2.05, 4.69) is 15.0 Å². The second-order valence-corrected chi connectivity index (χ2v) is 7.04. The monoisotopic (exact) mass is 383 g/mol. The number of hydrogen-bond acceptors (Lipinski definition) is 5. The summed E-state index contributed by atoms with van der Waals surface area (Å²) in [6.45, 7) is 1.96. The van der Waals surface area contributed by atoms with Gasteiger partial charge in [0.2, 0.25) is 5.88 Å². The zero-order chi connectivity index (χ0) is 19.0. The van der Waals surface area contributed by atoms with E-state index in [1.165, 1.54) is 17.4 Å². The second kappa shape index (κ2) is 7.00. The molecule has 0 amide bonds. The lowest BCUT2D eigenvalue weighted by molar-refractivity contribution is 0.152. The fourth-order valence-electron chi connectivity index (χ4n) is 2.94. The quantitative estimate of drug-likeness (QED) is 0.455. The summed E-state index contributed by atoms with van der Waals surface area (Å²) in [5, 5.41) is 0.710. The molecule has 0 spiro atoms. The predicted octanol–water partition coefficient (Wildman–Crippen LogP) is 5.67. The van der Waals surface area contributed by atoms with Gasteiger partial charge in [-0.05, 0) is 24.6 Å². The largest absolute Gasteiger partial charge is 0.480 e. The van der Waals surface area contributed by atoms with Crippen LogP contribution in [0.15, 0.2) is 48.8 Å². The number of halogens is 2. The number of nitrogens with zero attached hydrogens (tertiary/aromatic N) is 3. The van der Waals surface area contributed by atoms with Crippen LogP contribution < -0.4 is 4.74 Å². The number of benzene rings is 2. The SMILES string of the molecule is COc1cnc2c(-c3ncc(-c4ccccc4C(F)F)s3)cc(C)cc2n1. The molecule has 0 N–H and O–H groups in total. The normalized spacial score (nSPS) is 11.3. The first kappa shape index (κ1) is 17.5. The van der Waals surface area contributed by atoms with Gasteiger partial charge in [-0.2, -0.15) is 0 Å². The first-order chi connectivity index (χ1) is 13.1. The number of alkyl halides is 2. The lowest BCUT2D eigenvalue weighted by atomic mass is 10.1. The van der Waals surface area contributed by atoms with Crippen LogP contribution in [0.4, 0.5) is 8.78 Å². The zero-order valence-electron chi connectivity index (χ0n) is 14.6. The molecule has 4 rings (SSSR count). The number of thiazole rings is 1. The molecular weight excluding hydrogens is 368 g/mol. The van der Waals surface area contributed by atoms with Crippen LogP contribution in [0.3, 0.4) is 0 Å².